The van der Waals surface area contributed by atoms with Crippen molar-refractivity contribution in [2.75, 3.05) is 0 Å². The minimum atomic E-state index is -3.81. The molecule has 0 radical (unpaired) electrons. The van der Waals surface area contributed by atoms with E-state index < -0.39 is 34.1 Å². The van der Waals surface area contributed by atoms with Gasteiger partial charge in [0.25, 0.3) is 0 Å². The first-order chi connectivity index (χ1) is 16.6. The molecule has 0 heterocycles. The van der Waals surface area contributed by atoms with Crippen LogP contribution >= 0.6 is 11.6 Å². The van der Waals surface area contributed by atoms with E-state index >= 15 is 0 Å². The number of aryl methyl sites for hydroxylation is 1. The number of hydrogen-bond acceptors (Lipinski definition) is 1. The van der Waals surface area contributed by atoms with Crippen LogP contribution in [0.1, 0.15) is 50.2 Å². The molecule has 0 unspecified atom stereocenters. The van der Waals surface area contributed by atoms with Gasteiger partial charge in [-0.3, -0.25) is 0 Å². The Morgan fingerprint density at radius 1 is 0.857 bits per heavy atom. The first-order valence-corrected chi connectivity index (χ1v) is 12.1. The number of benzene rings is 3. The molecule has 1 saturated carbocycles. The molecule has 1 nitrogen and oxygen atoms in total. The van der Waals surface area contributed by atoms with Crippen molar-refractivity contribution in [3.8, 4) is 16.9 Å². The zero-order valence-electron chi connectivity index (χ0n) is 19.3. The molecular weight excluding hydrogens is 483 g/mol. The lowest BCUT2D eigenvalue weighted by atomic mass is 9.80. The van der Waals surface area contributed by atoms with Crippen molar-refractivity contribution in [3.05, 3.63) is 88.2 Å². The summed E-state index contributed by atoms with van der Waals surface area (Å²) in [6, 6.07) is 10.8. The Morgan fingerprint density at radius 3 is 2.09 bits per heavy atom. The minimum absolute atomic E-state index is 0.0448. The first kappa shape index (κ1) is 25.5. The maximum absolute atomic E-state index is 14.7. The number of rotatable bonds is 7. The Labute approximate surface area is 206 Å². The lowest BCUT2D eigenvalue weighted by Gasteiger charge is -2.26. The minimum Gasteiger partial charge on any atom is -0.429 e. The monoisotopic (exact) mass is 508 g/mol. The van der Waals surface area contributed by atoms with Crippen LogP contribution in [0.25, 0.3) is 11.1 Å². The topological polar surface area (TPSA) is 9.23 Å². The standard InChI is InChI=1S/C28H26ClF5O/c1-17-2-4-18(5-3-17)6-7-19-8-11-22(12-9-19)35-28(33,34)21-10-13-23(24(30)16-21)20-14-25(31)27(29)26(32)15-20/h8-18H,2-7H2,1H3. The molecule has 3 aromatic carbocycles. The van der Waals surface area contributed by atoms with E-state index in [4.69, 9.17) is 16.3 Å². The predicted molar refractivity (Wildman–Crippen MR) is 127 cm³/mol. The van der Waals surface area contributed by atoms with E-state index in [1.165, 1.54) is 37.8 Å². The molecule has 0 atom stereocenters. The summed E-state index contributed by atoms with van der Waals surface area (Å²) in [6.07, 6.45) is 3.17. The van der Waals surface area contributed by atoms with Crippen molar-refractivity contribution in [2.24, 2.45) is 11.8 Å². The molecule has 35 heavy (non-hydrogen) atoms. The van der Waals surface area contributed by atoms with Gasteiger partial charge in [0.05, 0.1) is 5.56 Å². The SMILES string of the molecule is CC1CCC(CCc2ccc(OC(F)(F)c3ccc(-c4cc(F)c(Cl)c(F)c4)c(F)c3)cc2)CC1. The molecule has 7 heteroatoms. The molecule has 3 aromatic rings. The average molecular weight is 509 g/mol. The fourth-order valence-electron chi connectivity index (χ4n) is 4.56. The van der Waals surface area contributed by atoms with Crippen molar-refractivity contribution in [3.63, 3.8) is 0 Å². The second-order valence-electron chi connectivity index (χ2n) is 9.38. The molecule has 0 N–H and O–H groups in total. The summed E-state index contributed by atoms with van der Waals surface area (Å²) in [4.78, 5) is 0. The lowest BCUT2D eigenvalue weighted by Crippen LogP contribution is -2.22. The van der Waals surface area contributed by atoms with Gasteiger partial charge >= 0.3 is 6.11 Å². The van der Waals surface area contributed by atoms with Gasteiger partial charge in [-0.15, -0.1) is 0 Å². The Balaban J connectivity index is 1.42. The molecule has 0 spiro atoms. The lowest BCUT2D eigenvalue weighted by molar-refractivity contribution is -0.185. The molecule has 4 rings (SSSR count). The highest BCUT2D eigenvalue weighted by molar-refractivity contribution is 6.31. The van der Waals surface area contributed by atoms with Crippen molar-refractivity contribution in [2.45, 2.75) is 51.6 Å². The summed E-state index contributed by atoms with van der Waals surface area (Å²) in [5, 5.41) is -0.722. The third-order valence-corrected chi connectivity index (χ3v) is 7.11. The van der Waals surface area contributed by atoms with Gasteiger partial charge < -0.3 is 4.74 Å². The van der Waals surface area contributed by atoms with Gasteiger partial charge in [0.15, 0.2) is 0 Å². The smallest absolute Gasteiger partial charge is 0.426 e. The zero-order valence-corrected chi connectivity index (χ0v) is 20.0. The molecule has 0 aromatic heterocycles. The summed E-state index contributed by atoms with van der Waals surface area (Å²) < 4.78 is 76.4. The molecule has 0 saturated heterocycles. The van der Waals surface area contributed by atoms with Crippen LogP contribution in [-0.4, -0.2) is 0 Å². The molecule has 1 aliphatic rings. The van der Waals surface area contributed by atoms with Crippen LogP contribution in [0.15, 0.2) is 54.6 Å². The van der Waals surface area contributed by atoms with Crippen LogP contribution in [0.2, 0.25) is 5.02 Å². The third-order valence-electron chi connectivity index (χ3n) is 6.75. The summed E-state index contributed by atoms with van der Waals surface area (Å²) >= 11 is 5.45. The van der Waals surface area contributed by atoms with Gasteiger partial charge in [-0.1, -0.05) is 62.4 Å². The second-order valence-corrected chi connectivity index (χ2v) is 9.75. The molecule has 0 aliphatic heterocycles. The van der Waals surface area contributed by atoms with Crippen LogP contribution in [0.5, 0.6) is 5.75 Å². The highest BCUT2D eigenvalue weighted by Crippen LogP contribution is 2.36. The Bertz CT molecular complexity index is 1150. The largest absolute Gasteiger partial charge is 0.429 e. The van der Waals surface area contributed by atoms with E-state index in [2.05, 4.69) is 6.92 Å². The maximum Gasteiger partial charge on any atom is 0.426 e. The number of ether oxygens (including phenoxy) is 1. The summed E-state index contributed by atoms with van der Waals surface area (Å²) in [5.74, 6) is -1.75. The van der Waals surface area contributed by atoms with Crippen molar-refractivity contribution in [1.82, 2.24) is 0 Å². The van der Waals surface area contributed by atoms with Gasteiger partial charge in [0.1, 0.15) is 28.2 Å². The van der Waals surface area contributed by atoms with Crippen LogP contribution in [-0.2, 0) is 12.5 Å². The normalized spacial score (nSPS) is 18.5. The van der Waals surface area contributed by atoms with E-state index in [9.17, 15) is 22.0 Å². The highest BCUT2D eigenvalue weighted by Gasteiger charge is 2.35. The number of alkyl halides is 2. The second kappa shape index (κ2) is 10.6. The van der Waals surface area contributed by atoms with Gasteiger partial charge in [0.2, 0.25) is 0 Å². The Kier molecular flexibility index (Phi) is 7.70. The van der Waals surface area contributed by atoms with E-state index in [1.807, 2.05) is 0 Å². The van der Waals surface area contributed by atoms with Gasteiger partial charge in [0, 0.05) is 5.56 Å². The average Bonchev–Trinajstić information content (AvgIpc) is 2.82. The molecule has 0 bridgehead atoms. The maximum atomic E-state index is 14.7. The van der Waals surface area contributed by atoms with Crippen molar-refractivity contribution >= 4 is 11.6 Å². The van der Waals surface area contributed by atoms with E-state index in [0.717, 1.165) is 48.6 Å². The van der Waals surface area contributed by atoms with E-state index in [-0.39, 0.29) is 16.9 Å². The number of halogens is 6. The van der Waals surface area contributed by atoms with E-state index in [1.54, 1.807) is 12.1 Å². The molecule has 186 valence electrons. The fourth-order valence-corrected chi connectivity index (χ4v) is 4.67. The van der Waals surface area contributed by atoms with E-state index in [0.29, 0.717) is 12.0 Å². The Morgan fingerprint density at radius 2 is 1.49 bits per heavy atom. The van der Waals surface area contributed by atoms with Crippen molar-refractivity contribution < 1.29 is 26.7 Å². The molecule has 1 aliphatic carbocycles. The molecule has 0 amide bonds. The zero-order chi connectivity index (χ0) is 25.2. The first-order valence-electron chi connectivity index (χ1n) is 11.7. The highest BCUT2D eigenvalue weighted by atomic mass is 35.5. The van der Waals surface area contributed by atoms with Crippen LogP contribution in [0, 0.1) is 29.3 Å². The third kappa shape index (κ3) is 6.16. The number of hydrogen-bond donors (Lipinski definition) is 0. The van der Waals surface area contributed by atoms with Gasteiger partial charge in [-0.05, 0) is 72.2 Å². The molecular formula is C28H26ClF5O. The van der Waals surface area contributed by atoms with Gasteiger partial charge in [-0.25, -0.2) is 13.2 Å². The quantitative estimate of drug-likeness (QED) is 0.228. The molecule has 1 fully saturated rings. The summed E-state index contributed by atoms with van der Waals surface area (Å²) in [5.41, 5.74) is -0.0619. The predicted octanol–water partition coefficient (Wildman–Crippen LogP) is 9.31. The van der Waals surface area contributed by atoms with Crippen molar-refractivity contribution in [1.29, 1.82) is 0 Å². The van der Waals surface area contributed by atoms with Crippen LogP contribution < -0.4 is 4.74 Å². The summed E-state index contributed by atoms with van der Waals surface area (Å²) in [6.45, 7) is 2.29. The van der Waals surface area contributed by atoms with Gasteiger partial charge in [-0.2, -0.15) is 8.78 Å². The Hall–Kier alpha value is -2.60. The summed E-state index contributed by atoms with van der Waals surface area (Å²) in [7, 11) is 0. The van der Waals surface area contributed by atoms with Crippen LogP contribution in [0.4, 0.5) is 22.0 Å². The van der Waals surface area contributed by atoms with Crippen LogP contribution in [0.3, 0.4) is 0 Å². The fraction of sp³-hybridized carbons (Fsp3) is 0.357.